The maximum absolute atomic E-state index is 4.54. The topological polar surface area (TPSA) is 24.9 Å². The Balaban J connectivity index is 2.36. The van der Waals surface area contributed by atoms with E-state index in [1.807, 2.05) is 14.0 Å². The van der Waals surface area contributed by atoms with E-state index in [4.69, 9.17) is 0 Å². The van der Waals surface area contributed by atoms with Crippen molar-refractivity contribution in [1.82, 2.24) is 10.3 Å². The summed E-state index contributed by atoms with van der Waals surface area (Å²) in [5.74, 6) is 0.689. The van der Waals surface area contributed by atoms with Crippen LogP contribution < -0.4 is 5.32 Å². The van der Waals surface area contributed by atoms with E-state index in [0.717, 1.165) is 17.6 Å². The highest BCUT2D eigenvalue weighted by Gasteiger charge is 2.11. The third-order valence-electron chi connectivity index (χ3n) is 3.31. The lowest BCUT2D eigenvalue weighted by atomic mass is 9.96. The minimum Gasteiger partial charge on any atom is -0.313 e. The first-order valence-corrected chi connectivity index (χ1v) is 6.64. The second-order valence-electron chi connectivity index (χ2n) is 5.38. The molecule has 18 heavy (non-hydrogen) atoms. The van der Waals surface area contributed by atoms with Crippen LogP contribution in [0.1, 0.15) is 37.6 Å². The number of nitrogens with one attached hydrogen (secondary N) is 1. The van der Waals surface area contributed by atoms with Gasteiger partial charge in [0.25, 0.3) is 0 Å². The molecule has 1 heterocycles. The lowest BCUT2D eigenvalue weighted by molar-refractivity contribution is 0.457. The molecule has 0 aliphatic rings. The molecule has 0 radical (unpaired) electrons. The molecule has 1 unspecified atom stereocenters. The number of hydrogen-bond acceptors (Lipinski definition) is 2. The first-order valence-electron chi connectivity index (χ1n) is 6.64. The van der Waals surface area contributed by atoms with E-state index < -0.39 is 0 Å². The van der Waals surface area contributed by atoms with E-state index >= 15 is 0 Å². The molecule has 0 amide bonds. The summed E-state index contributed by atoms with van der Waals surface area (Å²) >= 11 is 0. The highest BCUT2D eigenvalue weighted by molar-refractivity contribution is 5.79. The molecule has 1 atom stereocenters. The lowest BCUT2D eigenvalue weighted by Gasteiger charge is -2.19. The van der Waals surface area contributed by atoms with Gasteiger partial charge in [-0.25, -0.2) is 0 Å². The molecule has 1 aromatic heterocycles. The van der Waals surface area contributed by atoms with E-state index in [1.165, 1.54) is 10.9 Å². The fraction of sp³-hybridized carbons (Fsp3) is 0.438. The Hall–Kier alpha value is -1.41. The zero-order chi connectivity index (χ0) is 13.1. The van der Waals surface area contributed by atoms with E-state index in [0.29, 0.717) is 12.0 Å². The summed E-state index contributed by atoms with van der Waals surface area (Å²) in [4.78, 5) is 4.54. The van der Waals surface area contributed by atoms with Gasteiger partial charge < -0.3 is 5.32 Å². The molecule has 0 bridgehead atoms. The third kappa shape index (κ3) is 2.88. The molecule has 0 saturated heterocycles. The molecule has 0 saturated carbocycles. The standard InChI is InChI=1S/C16H22N2/c1-11(2)9-16(17-4)14-7-8-15-13(10-14)6-5-12(3)18-15/h5-8,10-11,16-17H,9H2,1-4H3. The van der Waals surface area contributed by atoms with Gasteiger partial charge in [0.1, 0.15) is 0 Å². The van der Waals surface area contributed by atoms with Crippen molar-refractivity contribution in [3.63, 3.8) is 0 Å². The predicted molar refractivity (Wildman–Crippen MR) is 77.7 cm³/mol. The van der Waals surface area contributed by atoms with Gasteiger partial charge in [0.2, 0.25) is 0 Å². The van der Waals surface area contributed by atoms with E-state index in [-0.39, 0.29) is 0 Å². The van der Waals surface area contributed by atoms with Gasteiger partial charge in [-0.1, -0.05) is 26.0 Å². The summed E-state index contributed by atoms with van der Waals surface area (Å²) in [6, 6.07) is 11.2. The van der Waals surface area contributed by atoms with Gasteiger partial charge in [0, 0.05) is 17.1 Å². The van der Waals surface area contributed by atoms with Crippen molar-refractivity contribution in [1.29, 1.82) is 0 Å². The summed E-state index contributed by atoms with van der Waals surface area (Å²) in [5, 5.41) is 4.63. The predicted octanol–water partition coefficient (Wildman–Crippen LogP) is 3.85. The van der Waals surface area contributed by atoms with Crippen molar-refractivity contribution in [3.8, 4) is 0 Å². The smallest absolute Gasteiger partial charge is 0.0705 e. The second-order valence-corrected chi connectivity index (χ2v) is 5.38. The highest BCUT2D eigenvalue weighted by Crippen LogP contribution is 2.24. The zero-order valence-electron chi connectivity index (χ0n) is 11.7. The fourth-order valence-electron chi connectivity index (χ4n) is 2.35. The summed E-state index contributed by atoms with van der Waals surface area (Å²) in [5.41, 5.74) is 3.50. The van der Waals surface area contributed by atoms with Gasteiger partial charge in [-0.05, 0) is 50.1 Å². The number of hydrogen-bond donors (Lipinski definition) is 1. The van der Waals surface area contributed by atoms with Crippen molar-refractivity contribution in [2.24, 2.45) is 5.92 Å². The van der Waals surface area contributed by atoms with Gasteiger partial charge >= 0.3 is 0 Å². The molecule has 2 aromatic rings. The Kier molecular flexibility index (Phi) is 3.97. The second kappa shape index (κ2) is 5.49. The molecule has 1 N–H and O–H groups in total. The molecular weight excluding hydrogens is 220 g/mol. The minimum absolute atomic E-state index is 0.427. The Morgan fingerprint density at radius 1 is 1.17 bits per heavy atom. The molecular formula is C16H22N2. The minimum atomic E-state index is 0.427. The van der Waals surface area contributed by atoms with Crippen LogP contribution >= 0.6 is 0 Å². The van der Waals surface area contributed by atoms with Gasteiger partial charge in [-0.3, -0.25) is 4.98 Å². The number of rotatable bonds is 4. The van der Waals surface area contributed by atoms with Crippen LogP contribution in [0, 0.1) is 12.8 Å². The molecule has 2 heteroatoms. The lowest BCUT2D eigenvalue weighted by Crippen LogP contribution is -2.18. The van der Waals surface area contributed by atoms with Crippen LogP contribution in [-0.4, -0.2) is 12.0 Å². The number of nitrogens with zero attached hydrogens (tertiary/aromatic N) is 1. The van der Waals surface area contributed by atoms with Crippen molar-refractivity contribution in [3.05, 3.63) is 41.6 Å². The zero-order valence-corrected chi connectivity index (χ0v) is 11.7. The summed E-state index contributed by atoms with van der Waals surface area (Å²) < 4.78 is 0. The van der Waals surface area contributed by atoms with E-state index in [1.54, 1.807) is 0 Å². The maximum atomic E-state index is 4.54. The van der Waals surface area contributed by atoms with Crippen LogP contribution in [0.15, 0.2) is 30.3 Å². The summed E-state index contributed by atoms with van der Waals surface area (Å²) in [7, 11) is 2.03. The first-order chi connectivity index (χ1) is 8.60. The summed E-state index contributed by atoms with van der Waals surface area (Å²) in [6.45, 7) is 6.55. The van der Waals surface area contributed by atoms with Crippen LogP contribution in [-0.2, 0) is 0 Å². The Morgan fingerprint density at radius 2 is 1.94 bits per heavy atom. The average molecular weight is 242 g/mol. The molecule has 0 spiro atoms. The molecule has 0 aliphatic carbocycles. The number of aromatic nitrogens is 1. The van der Waals surface area contributed by atoms with Crippen molar-refractivity contribution in [2.45, 2.75) is 33.2 Å². The first kappa shape index (κ1) is 13.0. The van der Waals surface area contributed by atoms with E-state index in [9.17, 15) is 0 Å². The van der Waals surface area contributed by atoms with Crippen LogP contribution in [0.25, 0.3) is 10.9 Å². The average Bonchev–Trinajstić information content (AvgIpc) is 2.35. The van der Waals surface area contributed by atoms with Gasteiger partial charge in [0.05, 0.1) is 5.52 Å². The van der Waals surface area contributed by atoms with Gasteiger partial charge in [-0.15, -0.1) is 0 Å². The normalized spacial score (nSPS) is 13.2. The van der Waals surface area contributed by atoms with Crippen molar-refractivity contribution in [2.75, 3.05) is 7.05 Å². The summed E-state index contributed by atoms with van der Waals surface area (Å²) in [6.07, 6.45) is 1.15. The molecule has 96 valence electrons. The molecule has 0 aliphatic heterocycles. The maximum Gasteiger partial charge on any atom is 0.0705 e. The Labute approximate surface area is 109 Å². The number of aryl methyl sites for hydroxylation is 1. The molecule has 2 nitrogen and oxygen atoms in total. The SMILES string of the molecule is CNC(CC(C)C)c1ccc2nc(C)ccc2c1. The van der Waals surface area contributed by atoms with Gasteiger partial charge in [-0.2, -0.15) is 0 Å². The van der Waals surface area contributed by atoms with Crippen LogP contribution in [0.3, 0.4) is 0 Å². The van der Waals surface area contributed by atoms with Crippen LogP contribution in [0.4, 0.5) is 0 Å². The van der Waals surface area contributed by atoms with Crippen molar-refractivity contribution >= 4 is 10.9 Å². The van der Waals surface area contributed by atoms with E-state index in [2.05, 4.69) is 54.5 Å². The molecule has 1 aromatic carbocycles. The van der Waals surface area contributed by atoms with Gasteiger partial charge in [0.15, 0.2) is 0 Å². The van der Waals surface area contributed by atoms with Crippen LogP contribution in [0.5, 0.6) is 0 Å². The quantitative estimate of drug-likeness (QED) is 0.881. The fourth-order valence-corrected chi connectivity index (χ4v) is 2.35. The third-order valence-corrected chi connectivity index (χ3v) is 3.31. The Morgan fingerprint density at radius 3 is 2.61 bits per heavy atom. The molecule has 0 fully saturated rings. The number of pyridine rings is 1. The largest absolute Gasteiger partial charge is 0.313 e. The molecule has 2 rings (SSSR count). The van der Waals surface area contributed by atoms with Crippen LogP contribution in [0.2, 0.25) is 0 Å². The Bertz CT molecular complexity index is 532. The van der Waals surface area contributed by atoms with Crippen molar-refractivity contribution < 1.29 is 0 Å². The monoisotopic (exact) mass is 242 g/mol. The number of fused-ring (bicyclic) bond motifs is 1. The highest BCUT2D eigenvalue weighted by atomic mass is 14.9. The number of benzene rings is 1.